The fourth-order valence-corrected chi connectivity index (χ4v) is 3.42. The van der Waals surface area contributed by atoms with Crippen molar-refractivity contribution in [3.8, 4) is 16.9 Å². The highest BCUT2D eigenvalue weighted by Gasteiger charge is 2.31. The smallest absolute Gasteiger partial charge is 0.408 e. The summed E-state index contributed by atoms with van der Waals surface area (Å²) in [4.78, 5) is 12.3. The lowest BCUT2D eigenvalue weighted by Gasteiger charge is -2.22. The number of fused-ring (bicyclic) bond motifs is 1. The molecule has 5 nitrogen and oxygen atoms in total. The van der Waals surface area contributed by atoms with E-state index in [0.717, 1.165) is 24.8 Å². The maximum Gasteiger partial charge on any atom is 0.573 e. The first-order valence-corrected chi connectivity index (χ1v) is 9.00. The number of benzene rings is 2. The molecular formula is C20H18F3NO4. The lowest BCUT2D eigenvalue weighted by molar-refractivity contribution is -0.274. The summed E-state index contributed by atoms with van der Waals surface area (Å²) in [6.07, 6.45) is -1.79. The number of halogens is 3. The second kappa shape index (κ2) is 7.35. The van der Waals surface area contributed by atoms with Gasteiger partial charge in [-0.15, -0.1) is 13.2 Å². The van der Waals surface area contributed by atoms with Crippen molar-refractivity contribution >= 4 is 11.1 Å². The SMILES string of the molecule is O=c1oc2ccc(-c3ccc(OC(F)(F)F)cc3)cc2n1C[C@@H]1CCCCO1. The zero-order chi connectivity index (χ0) is 19.7. The second-order valence-corrected chi connectivity index (χ2v) is 6.72. The number of hydrogen-bond acceptors (Lipinski definition) is 4. The Hall–Kier alpha value is -2.74. The van der Waals surface area contributed by atoms with Gasteiger partial charge in [0.05, 0.1) is 18.2 Å². The molecule has 0 N–H and O–H groups in total. The standard InChI is InChI=1S/C20H18F3NO4/c21-20(22,23)28-15-7-4-13(5-8-15)14-6-9-18-17(11-14)24(19(25)27-18)12-16-3-1-2-10-26-16/h4-9,11,16H,1-3,10,12H2/t16-/m0/s1. The van der Waals surface area contributed by atoms with Gasteiger partial charge in [0, 0.05) is 6.61 Å². The monoisotopic (exact) mass is 393 g/mol. The number of rotatable bonds is 4. The van der Waals surface area contributed by atoms with Crippen LogP contribution in [0.15, 0.2) is 51.7 Å². The second-order valence-electron chi connectivity index (χ2n) is 6.72. The first-order chi connectivity index (χ1) is 13.4. The molecule has 148 valence electrons. The minimum atomic E-state index is -4.73. The van der Waals surface area contributed by atoms with Crippen LogP contribution < -0.4 is 10.5 Å². The van der Waals surface area contributed by atoms with Gasteiger partial charge in [-0.2, -0.15) is 0 Å². The molecule has 1 aliphatic heterocycles. The quantitative estimate of drug-likeness (QED) is 0.643. The van der Waals surface area contributed by atoms with E-state index in [1.807, 2.05) is 0 Å². The summed E-state index contributed by atoms with van der Waals surface area (Å²) in [5.41, 5.74) is 2.55. The van der Waals surface area contributed by atoms with E-state index < -0.39 is 12.1 Å². The van der Waals surface area contributed by atoms with Gasteiger partial charge in [0.25, 0.3) is 0 Å². The summed E-state index contributed by atoms with van der Waals surface area (Å²) in [6, 6.07) is 10.8. The molecule has 4 rings (SSSR count). The molecule has 0 bridgehead atoms. The molecule has 3 aromatic rings. The van der Waals surface area contributed by atoms with Gasteiger partial charge in [0.15, 0.2) is 5.58 Å². The van der Waals surface area contributed by atoms with E-state index in [2.05, 4.69) is 4.74 Å². The van der Waals surface area contributed by atoms with E-state index in [1.165, 1.54) is 24.3 Å². The first kappa shape index (κ1) is 18.6. The van der Waals surface area contributed by atoms with E-state index >= 15 is 0 Å². The fourth-order valence-electron chi connectivity index (χ4n) is 3.42. The summed E-state index contributed by atoms with van der Waals surface area (Å²) >= 11 is 0. The lowest BCUT2D eigenvalue weighted by Crippen LogP contribution is -2.28. The van der Waals surface area contributed by atoms with Crippen molar-refractivity contribution in [3.63, 3.8) is 0 Å². The molecule has 1 aromatic heterocycles. The Morgan fingerprint density at radius 1 is 1.07 bits per heavy atom. The average Bonchev–Trinajstić information content (AvgIpc) is 2.97. The summed E-state index contributed by atoms with van der Waals surface area (Å²) in [7, 11) is 0. The Labute approximate surface area is 158 Å². The summed E-state index contributed by atoms with van der Waals surface area (Å²) < 4.78 is 53.4. The molecule has 28 heavy (non-hydrogen) atoms. The first-order valence-electron chi connectivity index (χ1n) is 9.00. The van der Waals surface area contributed by atoms with Crippen molar-refractivity contribution in [1.82, 2.24) is 4.57 Å². The molecule has 0 saturated carbocycles. The topological polar surface area (TPSA) is 53.6 Å². The Kier molecular flexibility index (Phi) is 4.89. The Bertz CT molecular complexity index is 1010. The van der Waals surface area contributed by atoms with Crippen molar-refractivity contribution in [3.05, 3.63) is 53.0 Å². The van der Waals surface area contributed by atoms with Crippen LogP contribution in [-0.2, 0) is 11.3 Å². The van der Waals surface area contributed by atoms with Crippen LogP contribution in [0.1, 0.15) is 19.3 Å². The van der Waals surface area contributed by atoms with Gasteiger partial charge >= 0.3 is 12.1 Å². The number of nitrogens with zero attached hydrogens (tertiary/aromatic N) is 1. The summed E-state index contributed by atoms with van der Waals surface area (Å²) in [5, 5.41) is 0. The number of hydrogen-bond donors (Lipinski definition) is 0. The molecule has 1 saturated heterocycles. The van der Waals surface area contributed by atoms with Crippen LogP contribution in [0.2, 0.25) is 0 Å². The highest BCUT2D eigenvalue weighted by Crippen LogP contribution is 2.28. The van der Waals surface area contributed by atoms with E-state index in [-0.39, 0.29) is 11.9 Å². The molecule has 0 radical (unpaired) electrons. The Balaban J connectivity index is 1.63. The normalized spacial score (nSPS) is 17.8. The molecule has 0 amide bonds. The van der Waals surface area contributed by atoms with Crippen molar-refractivity contribution in [1.29, 1.82) is 0 Å². The van der Waals surface area contributed by atoms with Gasteiger partial charge < -0.3 is 13.9 Å². The van der Waals surface area contributed by atoms with Crippen LogP contribution in [0.4, 0.5) is 13.2 Å². The van der Waals surface area contributed by atoms with Crippen LogP contribution in [0.5, 0.6) is 5.75 Å². The molecule has 8 heteroatoms. The van der Waals surface area contributed by atoms with Crippen molar-refractivity contribution in [2.45, 2.75) is 38.3 Å². The van der Waals surface area contributed by atoms with E-state index in [0.29, 0.717) is 29.8 Å². The predicted molar refractivity (Wildman–Crippen MR) is 96.2 cm³/mol. The van der Waals surface area contributed by atoms with Gasteiger partial charge in [-0.3, -0.25) is 4.57 Å². The summed E-state index contributed by atoms with van der Waals surface area (Å²) in [5.74, 6) is -0.734. The Morgan fingerprint density at radius 2 is 1.82 bits per heavy atom. The zero-order valence-electron chi connectivity index (χ0n) is 14.9. The van der Waals surface area contributed by atoms with Crippen molar-refractivity contribution in [2.24, 2.45) is 0 Å². The lowest BCUT2D eigenvalue weighted by atomic mass is 10.0. The minimum absolute atomic E-state index is 0.0327. The predicted octanol–water partition coefficient (Wildman–Crippen LogP) is 4.73. The molecule has 0 unspecified atom stereocenters. The number of ether oxygens (including phenoxy) is 2. The van der Waals surface area contributed by atoms with Gasteiger partial charge in [0.1, 0.15) is 5.75 Å². The third-order valence-electron chi connectivity index (χ3n) is 4.75. The largest absolute Gasteiger partial charge is 0.573 e. The van der Waals surface area contributed by atoms with Gasteiger partial charge in [-0.1, -0.05) is 18.2 Å². The third kappa shape index (κ3) is 4.06. The van der Waals surface area contributed by atoms with Crippen LogP contribution >= 0.6 is 0 Å². The zero-order valence-corrected chi connectivity index (χ0v) is 14.9. The molecule has 0 aliphatic carbocycles. The van der Waals surface area contributed by atoms with Crippen LogP contribution in [0.3, 0.4) is 0 Å². The highest BCUT2D eigenvalue weighted by molar-refractivity contribution is 5.80. The van der Waals surface area contributed by atoms with Crippen LogP contribution in [0, 0.1) is 0 Å². The summed E-state index contributed by atoms with van der Waals surface area (Å²) in [6.45, 7) is 1.10. The van der Waals surface area contributed by atoms with Crippen LogP contribution in [0.25, 0.3) is 22.2 Å². The van der Waals surface area contributed by atoms with Gasteiger partial charge in [-0.05, 0) is 54.7 Å². The molecule has 1 aliphatic rings. The minimum Gasteiger partial charge on any atom is -0.408 e. The molecule has 1 fully saturated rings. The third-order valence-corrected chi connectivity index (χ3v) is 4.75. The number of alkyl halides is 3. The van der Waals surface area contributed by atoms with E-state index in [1.54, 1.807) is 22.8 Å². The highest BCUT2D eigenvalue weighted by atomic mass is 19.4. The van der Waals surface area contributed by atoms with Crippen LogP contribution in [-0.4, -0.2) is 23.6 Å². The maximum absolute atomic E-state index is 12.3. The van der Waals surface area contributed by atoms with Crippen molar-refractivity contribution < 1.29 is 27.1 Å². The Morgan fingerprint density at radius 3 is 2.50 bits per heavy atom. The molecule has 2 aromatic carbocycles. The molecule has 1 atom stereocenters. The van der Waals surface area contributed by atoms with E-state index in [4.69, 9.17) is 9.15 Å². The van der Waals surface area contributed by atoms with Gasteiger partial charge in [0.2, 0.25) is 0 Å². The van der Waals surface area contributed by atoms with Crippen molar-refractivity contribution in [2.75, 3.05) is 6.61 Å². The number of oxazole rings is 1. The average molecular weight is 393 g/mol. The number of aromatic nitrogens is 1. The maximum atomic E-state index is 12.3. The molecule has 2 heterocycles. The molecular weight excluding hydrogens is 375 g/mol. The fraction of sp³-hybridized carbons (Fsp3) is 0.350. The van der Waals surface area contributed by atoms with E-state index in [9.17, 15) is 18.0 Å². The molecule has 0 spiro atoms. The van der Waals surface area contributed by atoms with Gasteiger partial charge in [-0.25, -0.2) is 4.79 Å².